The van der Waals surface area contributed by atoms with E-state index in [2.05, 4.69) is 36.5 Å². The van der Waals surface area contributed by atoms with Crippen LogP contribution in [0, 0.1) is 0 Å². The third-order valence-electron chi connectivity index (χ3n) is 3.52. The van der Waals surface area contributed by atoms with Crippen LogP contribution < -0.4 is 0 Å². The van der Waals surface area contributed by atoms with Crippen LogP contribution in [0.15, 0.2) is 43.0 Å². The van der Waals surface area contributed by atoms with Crippen molar-refractivity contribution >= 4 is 0 Å². The molecule has 0 amide bonds. The number of allylic oxidation sites excluding steroid dienone is 8. The van der Waals surface area contributed by atoms with Gasteiger partial charge in [-0.15, -0.1) is 0 Å². The van der Waals surface area contributed by atoms with Crippen molar-refractivity contribution in [2.75, 3.05) is 0 Å². The summed E-state index contributed by atoms with van der Waals surface area (Å²) in [4.78, 5) is 0. The molecule has 2 aliphatic carbocycles. The van der Waals surface area contributed by atoms with Crippen molar-refractivity contribution in [3.05, 3.63) is 43.0 Å². The minimum Gasteiger partial charge on any atom is -1.00 e. The Kier molecular flexibility index (Phi) is 1.84. The molecule has 0 aromatic rings. The van der Waals surface area contributed by atoms with Crippen molar-refractivity contribution in [2.45, 2.75) is 21.1 Å². The summed E-state index contributed by atoms with van der Waals surface area (Å²) < 4.78 is 6.92. The Labute approximate surface area is 87.1 Å². The number of hydrogen-bond acceptors (Lipinski definition) is 0. The van der Waals surface area contributed by atoms with Crippen molar-refractivity contribution in [1.29, 1.82) is 0 Å². The molecule has 68 valence electrons. The van der Waals surface area contributed by atoms with E-state index >= 15 is 0 Å². The second kappa shape index (κ2) is 2.92. The van der Waals surface area contributed by atoms with Crippen LogP contribution >= 0.6 is 0 Å². The van der Waals surface area contributed by atoms with Gasteiger partial charge in [0, 0.05) is 0 Å². The quantitative estimate of drug-likeness (QED) is 0.698. The largest absolute Gasteiger partial charge is 1.00 e. The van der Waals surface area contributed by atoms with Crippen molar-refractivity contribution < 1.29 is 23.1 Å². The average Bonchev–Trinajstić information content (AvgIpc) is 2.68. The Morgan fingerprint density at radius 2 is 1.46 bits per heavy atom. The van der Waals surface area contributed by atoms with Crippen LogP contribution in [-0.2, 0) is 20.3 Å². The molecular formula is C12H16Zr. The zero-order valence-corrected chi connectivity index (χ0v) is 10.3. The van der Waals surface area contributed by atoms with E-state index in [4.69, 9.17) is 0 Å². The van der Waals surface area contributed by atoms with Gasteiger partial charge in [-0.05, 0) is 0 Å². The molecule has 1 fully saturated rings. The SMILES string of the molecule is C1=CC[C]([Zr+2]2([C]3=CC=CC3)[CH2][CH2]2)=C1.[H-].[H-]. The normalized spacial score (nSPS) is 25.2. The molecule has 0 N–H and O–H groups in total. The maximum atomic E-state index is 2.42. The maximum Gasteiger partial charge on any atom is -1.00 e. The van der Waals surface area contributed by atoms with Gasteiger partial charge in [0.1, 0.15) is 0 Å². The summed E-state index contributed by atoms with van der Waals surface area (Å²) in [6, 6.07) is 0. The zero-order valence-electron chi connectivity index (χ0n) is 9.79. The van der Waals surface area contributed by atoms with E-state index in [0.717, 1.165) is 0 Å². The Balaban J connectivity index is 0.000000562. The Bertz CT molecular complexity index is 328. The molecule has 1 aliphatic heterocycles. The molecule has 0 bridgehead atoms. The smallest absolute Gasteiger partial charge is 1.00 e. The Morgan fingerprint density at radius 3 is 1.77 bits per heavy atom. The summed E-state index contributed by atoms with van der Waals surface area (Å²) in [5.74, 6) is 0. The first kappa shape index (κ1) is 8.18. The van der Waals surface area contributed by atoms with Gasteiger partial charge in [-0.3, -0.25) is 0 Å². The van der Waals surface area contributed by atoms with E-state index in [-0.39, 0.29) is 2.85 Å². The van der Waals surface area contributed by atoms with E-state index in [0.29, 0.717) is 0 Å². The van der Waals surface area contributed by atoms with Gasteiger partial charge in [0.15, 0.2) is 0 Å². The van der Waals surface area contributed by atoms with Crippen molar-refractivity contribution in [3.8, 4) is 0 Å². The summed E-state index contributed by atoms with van der Waals surface area (Å²) in [6.45, 7) is 0. The number of rotatable bonds is 2. The standard InChI is InChI=1S/2C5H5.C2H4.Zr.2H/c2*1-2-4-5-3-1;1-2;;;/h2*1-3H,4H2;1-2H2;;;/q;;;+2;2*-1. The number of hydrogen-bond donors (Lipinski definition) is 0. The molecule has 0 radical (unpaired) electrons. The molecule has 1 heteroatoms. The minimum atomic E-state index is -1.76. The molecule has 0 unspecified atom stereocenters. The van der Waals surface area contributed by atoms with Crippen molar-refractivity contribution in [3.63, 3.8) is 0 Å². The summed E-state index contributed by atoms with van der Waals surface area (Å²) in [5.41, 5.74) is 0. The fraction of sp³-hybridized carbons (Fsp3) is 0.333. The van der Waals surface area contributed by atoms with E-state index in [1.807, 2.05) is 6.56 Å². The van der Waals surface area contributed by atoms with Gasteiger partial charge >= 0.3 is 84.4 Å². The van der Waals surface area contributed by atoms with E-state index < -0.39 is 20.3 Å². The molecule has 0 nitrogen and oxygen atoms in total. The van der Waals surface area contributed by atoms with E-state index in [1.165, 1.54) is 12.8 Å². The molecular weight excluding hydrogens is 235 g/mol. The van der Waals surface area contributed by atoms with Crippen LogP contribution in [0.5, 0.6) is 0 Å². The van der Waals surface area contributed by atoms with Crippen LogP contribution in [0.25, 0.3) is 0 Å². The molecule has 0 atom stereocenters. The van der Waals surface area contributed by atoms with Gasteiger partial charge in [0.25, 0.3) is 0 Å². The molecule has 3 rings (SSSR count). The van der Waals surface area contributed by atoms with Crippen LogP contribution in [-0.4, -0.2) is 0 Å². The second-order valence-electron chi connectivity index (χ2n) is 4.23. The molecule has 13 heavy (non-hydrogen) atoms. The molecule has 0 aromatic carbocycles. The van der Waals surface area contributed by atoms with Gasteiger partial charge in [-0.25, -0.2) is 0 Å². The Hall–Kier alpha value is -0.157. The second-order valence-corrected chi connectivity index (χ2v) is 15.2. The van der Waals surface area contributed by atoms with Gasteiger partial charge in [0.05, 0.1) is 0 Å². The zero-order chi connectivity index (χ0) is 8.73. The first-order chi connectivity index (χ1) is 6.42. The van der Waals surface area contributed by atoms with Crippen LogP contribution in [0.1, 0.15) is 15.7 Å². The van der Waals surface area contributed by atoms with Crippen LogP contribution in [0.4, 0.5) is 0 Å². The topological polar surface area (TPSA) is 0 Å². The molecule has 0 spiro atoms. The van der Waals surface area contributed by atoms with Gasteiger partial charge < -0.3 is 2.85 Å². The van der Waals surface area contributed by atoms with Gasteiger partial charge in [-0.2, -0.15) is 0 Å². The summed E-state index contributed by atoms with van der Waals surface area (Å²) in [5, 5.41) is 0. The molecule has 1 saturated heterocycles. The predicted molar refractivity (Wildman–Crippen MR) is 55.5 cm³/mol. The fourth-order valence-electron chi connectivity index (χ4n) is 2.58. The van der Waals surface area contributed by atoms with Gasteiger partial charge in [-0.1, -0.05) is 0 Å². The average molecular weight is 251 g/mol. The Morgan fingerprint density at radius 1 is 0.923 bits per heavy atom. The molecule has 1 heterocycles. The van der Waals surface area contributed by atoms with E-state index in [1.54, 1.807) is 8.26 Å². The van der Waals surface area contributed by atoms with E-state index in [9.17, 15) is 0 Å². The van der Waals surface area contributed by atoms with Crippen LogP contribution in [0.3, 0.4) is 0 Å². The maximum absolute atomic E-state index is 2.42. The molecule has 3 aliphatic rings. The van der Waals surface area contributed by atoms with Gasteiger partial charge in [0.2, 0.25) is 0 Å². The third kappa shape index (κ3) is 1.21. The summed E-state index contributed by atoms with van der Waals surface area (Å²) in [7, 11) is 0. The fourth-order valence-corrected chi connectivity index (χ4v) is 15.5. The molecule has 0 aromatic heterocycles. The third-order valence-corrected chi connectivity index (χ3v) is 15.1. The van der Waals surface area contributed by atoms with Crippen molar-refractivity contribution in [1.82, 2.24) is 0 Å². The van der Waals surface area contributed by atoms with Crippen LogP contribution in [0.2, 0.25) is 8.26 Å². The monoisotopic (exact) mass is 250 g/mol. The first-order valence-electron chi connectivity index (χ1n) is 5.14. The van der Waals surface area contributed by atoms with Crippen molar-refractivity contribution in [2.24, 2.45) is 0 Å². The molecule has 0 saturated carbocycles. The first-order valence-corrected chi connectivity index (χ1v) is 11.1. The summed E-state index contributed by atoms with van der Waals surface area (Å²) in [6.07, 6.45) is 16.6. The minimum absolute atomic E-state index is 0. The summed E-state index contributed by atoms with van der Waals surface area (Å²) >= 11 is -1.76. The predicted octanol–water partition coefficient (Wildman–Crippen LogP) is 3.90.